The fourth-order valence-corrected chi connectivity index (χ4v) is 2.22. The zero-order chi connectivity index (χ0) is 13.1. The Morgan fingerprint density at radius 1 is 1.17 bits per heavy atom. The summed E-state index contributed by atoms with van der Waals surface area (Å²) in [6.45, 7) is 9.11. The maximum Gasteiger partial charge on any atom is 0.181 e. The van der Waals surface area contributed by atoms with Crippen LogP contribution in [-0.4, -0.2) is 21.5 Å². The fourth-order valence-electron chi connectivity index (χ4n) is 1.63. The van der Waals surface area contributed by atoms with Crippen molar-refractivity contribution in [2.24, 2.45) is 0 Å². The summed E-state index contributed by atoms with van der Waals surface area (Å²) >= 11 is 1.62. The average Bonchev–Trinajstić information content (AvgIpc) is 2.77. The van der Waals surface area contributed by atoms with Gasteiger partial charge in [0.2, 0.25) is 0 Å². The summed E-state index contributed by atoms with van der Waals surface area (Å²) < 4.78 is 0. The predicted molar refractivity (Wildman–Crippen MR) is 76.1 cm³/mol. The Morgan fingerprint density at radius 2 is 1.94 bits per heavy atom. The maximum absolute atomic E-state index is 4.58. The van der Waals surface area contributed by atoms with Gasteiger partial charge in [-0.1, -0.05) is 6.92 Å². The van der Waals surface area contributed by atoms with Crippen LogP contribution in [0.1, 0.15) is 29.6 Å². The molecule has 0 saturated heterocycles. The summed E-state index contributed by atoms with van der Waals surface area (Å²) in [5.74, 6) is 1.63. The van der Waals surface area contributed by atoms with Gasteiger partial charge in [0.25, 0.3) is 0 Å². The summed E-state index contributed by atoms with van der Waals surface area (Å²) in [6.07, 6.45) is 1.08. The van der Waals surface area contributed by atoms with Gasteiger partial charge >= 0.3 is 0 Å². The van der Waals surface area contributed by atoms with Crippen molar-refractivity contribution in [3.63, 3.8) is 0 Å². The summed E-state index contributed by atoms with van der Waals surface area (Å²) in [7, 11) is 0. The Bertz CT molecular complexity index is 548. The lowest BCUT2D eigenvalue weighted by molar-refractivity contribution is 0.953. The zero-order valence-corrected chi connectivity index (χ0v) is 12.1. The number of aromatic nitrogens is 3. The SMILES string of the molecule is CCCNc1nc(-c2csc(C)n2)nc(C)c1C. The average molecular weight is 262 g/mol. The topological polar surface area (TPSA) is 50.7 Å². The van der Waals surface area contributed by atoms with E-state index in [9.17, 15) is 0 Å². The number of anilines is 1. The minimum atomic E-state index is 0.709. The Kier molecular flexibility index (Phi) is 3.91. The molecule has 0 spiro atoms. The van der Waals surface area contributed by atoms with Crippen LogP contribution in [0.25, 0.3) is 11.5 Å². The molecule has 18 heavy (non-hydrogen) atoms. The van der Waals surface area contributed by atoms with E-state index in [2.05, 4.69) is 27.2 Å². The molecule has 0 aliphatic rings. The van der Waals surface area contributed by atoms with Crippen molar-refractivity contribution < 1.29 is 0 Å². The second-order valence-corrected chi connectivity index (χ2v) is 5.35. The molecule has 0 unspecified atom stereocenters. The van der Waals surface area contributed by atoms with Crippen molar-refractivity contribution in [1.82, 2.24) is 15.0 Å². The highest BCUT2D eigenvalue weighted by molar-refractivity contribution is 7.09. The Labute approximate surface area is 112 Å². The highest BCUT2D eigenvalue weighted by Gasteiger charge is 2.11. The molecule has 4 nitrogen and oxygen atoms in total. The molecule has 0 atom stereocenters. The van der Waals surface area contributed by atoms with Gasteiger partial charge in [0.15, 0.2) is 5.82 Å². The smallest absolute Gasteiger partial charge is 0.181 e. The van der Waals surface area contributed by atoms with E-state index in [4.69, 9.17) is 0 Å². The Morgan fingerprint density at radius 3 is 2.56 bits per heavy atom. The molecule has 96 valence electrons. The molecule has 2 heterocycles. The number of thiazole rings is 1. The van der Waals surface area contributed by atoms with Gasteiger partial charge in [0, 0.05) is 23.2 Å². The van der Waals surface area contributed by atoms with Crippen molar-refractivity contribution in [2.75, 3.05) is 11.9 Å². The van der Waals surface area contributed by atoms with Crippen molar-refractivity contribution in [1.29, 1.82) is 0 Å². The van der Waals surface area contributed by atoms with Gasteiger partial charge < -0.3 is 5.32 Å². The Hall–Kier alpha value is -1.49. The first-order valence-electron chi connectivity index (χ1n) is 6.13. The quantitative estimate of drug-likeness (QED) is 0.918. The molecule has 0 amide bonds. The van der Waals surface area contributed by atoms with E-state index in [0.717, 1.165) is 40.7 Å². The van der Waals surface area contributed by atoms with Gasteiger partial charge in [0.1, 0.15) is 11.5 Å². The molecule has 2 rings (SSSR count). The molecule has 1 N–H and O–H groups in total. The summed E-state index contributed by atoms with van der Waals surface area (Å²) in [4.78, 5) is 13.5. The van der Waals surface area contributed by atoms with E-state index in [0.29, 0.717) is 5.82 Å². The lowest BCUT2D eigenvalue weighted by Crippen LogP contribution is -2.07. The third-order valence-electron chi connectivity index (χ3n) is 2.78. The molecule has 0 aliphatic carbocycles. The molecule has 2 aromatic rings. The predicted octanol–water partition coefficient (Wildman–Crippen LogP) is 3.35. The number of nitrogens with one attached hydrogen (secondary N) is 1. The van der Waals surface area contributed by atoms with Crippen LogP contribution in [0.4, 0.5) is 5.82 Å². The fraction of sp³-hybridized carbons (Fsp3) is 0.462. The molecule has 2 aromatic heterocycles. The lowest BCUT2D eigenvalue weighted by atomic mass is 10.2. The van der Waals surface area contributed by atoms with E-state index < -0.39 is 0 Å². The first-order valence-corrected chi connectivity index (χ1v) is 7.01. The first kappa shape index (κ1) is 13.0. The van der Waals surface area contributed by atoms with Crippen LogP contribution in [0.15, 0.2) is 5.38 Å². The largest absolute Gasteiger partial charge is 0.370 e. The van der Waals surface area contributed by atoms with Crippen molar-refractivity contribution in [3.8, 4) is 11.5 Å². The van der Waals surface area contributed by atoms with Crippen molar-refractivity contribution >= 4 is 17.2 Å². The lowest BCUT2D eigenvalue weighted by Gasteiger charge is -2.10. The molecule has 0 aliphatic heterocycles. The molecular weight excluding hydrogens is 244 g/mol. The highest BCUT2D eigenvalue weighted by atomic mass is 32.1. The van der Waals surface area contributed by atoms with Crippen LogP contribution in [0.3, 0.4) is 0 Å². The molecule has 0 radical (unpaired) electrons. The monoisotopic (exact) mass is 262 g/mol. The van der Waals surface area contributed by atoms with Gasteiger partial charge in [-0.25, -0.2) is 15.0 Å². The van der Waals surface area contributed by atoms with Crippen molar-refractivity contribution in [3.05, 3.63) is 21.6 Å². The number of hydrogen-bond acceptors (Lipinski definition) is 5. The van der Waals surface area contributed by atoms with Gasteiger partial charge in [-0.3, -0.25) is 0 Å². The number of aryl methyl sites for hydroxylation is 2. The van der Waals surface area contributed by atoms with Crippen LogP contribution < -0.4 is 5.32 Å². The van der Waals surface area contributed by atoms with Crippen LogP contribution in [0.5, 0.6) is 0 Å². The standard InChI is InChI=1S/C13H18N4S/c1-5-6-14-12-8(2)9(3)15-13(17-12)11-7-18-10(4)16-11/h7H,5-6H2,1-4H3,(H,14,15,17). The highest BCUT2D eigenvalue weighted by Crippen LogP contribution is 2.22. The van der Waals surface area contributed by atoms with Crippen LogP contribution in [0.2, 0.25) is 0 Å². The van der Waals surface area contributed by atoms with Gasteiger partial charge in [0.05, 0.1) is 5.01 Å². The van der Waals surface area contributed by atoms with E-state index >= 15 is 0 Å². The summed E-state index contributed by atoms with van der Waals surface area (Å²) in [5, 5.41) is 6.38. The third-order valence-corrected chi connectivity index (χ3v) is 3.55. The van der Waals surface area contributed by atoms with Gasteiger partial charge in [-0.2, -0.15) is 0 Å². The second kappa shape index (κ2) is 5.44. The molecule has 0 saturated carbocycles. The molecule has 5 heteroatoms. The summed E-state index contributed by atoms with van der Waals surface area (Å²) in [6, 6.07) is 0. The minimum Gasteiger partial charge on any atom is -0.370 e. The second-order valence-electron chi connectivity index (χ2n) is 4.28. The molecule has 0 fully saturated rings. The normalized spacial score (nSPS) is 10.7. The van der Waals surface area contributed by atoms with Gasteiger partial charge in [-0.05, 0) is 27.2 Å². The number of rotatable bonds is 4. The minimum absolute atomic E-state index is 0.709. The molecular formula is C13H18N4S. The van der Waals surface area contributed by atoms with E-state index in [-0.39, 0.29) is 0 Å². The van der Waals surface area contributed by atoms with E-state index in [1.54, 1.807) is 11.3 Å². The van der Waals surface area contributed by atoms with Crippen LogP contribution >= 0.6 is 11.3 Å². The number of hydrogen-bond donors (Lipinski definition) is 1. The molecule has 0 aromatic carbocycles. The maximum atomic E-state index is 4.58. The van der Waals surface area contributed by atoms with Crippen molar-refractivity contribution in [2.45, 2.75) is 34.1 Å². The Balaban J connectivity index is 2.40. The van der Waals surface area contributed by atoms with E-state index in [1.165, 1.54) is 0 Å². The number of nitrogens with zero attached hydrogens (tertiary/aromatic N) is 3. The van der Waals surface area contributed by atoms with Gasteiger partial charge in [-0.15, -0.1) is 11.3 Å². The van der Waals surface area contributed by atoms with Crippen LogP contribution in [-0.2, 0) is 0 Å². The third kappa shape index (κ3) is 2.67. The molecule has 0 bridgehead atoms. The zero-order valence-electron chi connectivity index (χ0n) is 11.2. The first-order chi connectivity index (χ1) is 8.61. The van der Waals surface area contributed by atoms with Crippen LogP contribution in [0, 0.1) is 20.8 Å². The summed E-state index contributed by atoms with van der Waals surface area (Å²) in [5.41, 5.74) is 2.98. The van der Waals surface area contributed by atoms with E-state index in [1.807, 2.05) is 26.2 Å².